The Morgan fingerprint density at radius 3 is 2.65 bits per heavy atom. The number of anilines is 1. The minimum Gasteiger partial charge on any atom is -0.453 e. The van der Waals surface area contributed by atoms with E-state index in [1.165, 1.54) is 28.7 Å². The van der Waals surface area contributed by atoms with E-state index in [2.05, 4.69) is 39.2 Å². The van der Waals surface area contributed by atoms with Gasteiger partial charge in [-0.1, -0.05) is 19.9 Å². The van der Waals surface area contributed by atoms with Gasteiger partial charge >= 0.3 is 6.09 Å². The summed E-state index contributed by atoms with van der Waals surface area (Å²) in [6.45, 7) is 6.34. The van der Waals surface area contributed by atoms with E-state index < -0.39 is 23.6 Å². The number of rotatable bonds is 11. The smallest absolute Gasteiger partial charge is 0.407 e. The van der Waals surface area contributed by atoms with Gasteiger partial charge in [-0.05, 0) is 56.4 Å². The maximum absolute atomic E-state index is 13.2. The number of carbonyl (C=O) groups is 3. The number of ether oxygens (including phenoxy) is 1. The summed E-state index contributed by atoms with van der Waals surface area (Å²) in [4.78, 5) is 63.9. The number of carbonyl (C=O) groups excluding carboxylic acids is 3. The molecule has 214 valence electrons. The molecular formula is C28H37N7O5. The molecule has 0 saturated heterocycles. The van der Waals surface area contributed by atoms with E-state index in [9.17, 15) is 19.2 Å². The molecule has 0 bridgehead atoms. The lowest BCUT2D eigenvalue weighted by Crippen LogP contribution is -2.44. The molecule has 0 radical (unpaired) electrons. The Bertz CT molecular complexity index is 1450. The number of methoxy groups -OCH3 is 1. The number of fused-ring (bicyclic) bond motifs is 1. The SMILES string of the molecule is COC(=O)N[C@@H](CC/C=C/C(=O)N(C)C)C(=O)Nc1cccn(Cc2nc3c(CC(C)C)nc(C)cc3[nH]2)c1=O. The maximum Gasteiger partial charge on any atom is 0.407 e. The van der Waals surface area contributed by atoms with E-state index in [1.54, 1.807) is 32.4 Å². The fraction of sp³-hybridized carbons (Fsp3) is 0.429. The van der Waals surface area contributed by atoms with Crippen LogP contribution < -0.4 is 16.2 Å². The molecule has 3 aromatic heterocycles. The number of imidazole rings is 1. The van der Waals surface area contributed by atoms with E-state index in [-0.39, 0.29) is 24.6 Å². The summed E-state index contributed by atoms with van der Waals surface area (Å²) >= 11 is 0. The third-order valence-electron chi connectivity index (χ3n) is 6.04. The Morgan fingerprint density at radius 2 is 1.98 bits per heavy atom. The van der Waals surface area contributed by atoms with Crippen molar-refractivity contribution < 1.29 is 19.1 Å². The van der Waals surface area contributed by atoms with Gasteiger partial charge in [-0.2, -0.15) is 0 Å². The number of hydrogen-bond donors (Lipinski definition) is 3. The number of aryl methyl sites for hydroxylation is 1. The number of nitrogens with one attached hydrogen (secondary N) is 3. The van der Waals surface area contributed by atoms with Crippen molar-refractivity contribution in [3.05, 3.63) is 64.1 Å². The van der Waals surface area contributed by atoms with Crippen LogP contribution in [0.15, 0.2) is 41.3 Å². The van der Waals surface area contributed by atoms with Crippen molar-refractivity contribution in [3.63, 3.8) is 0 Å². The summed E-state index contributed by atoms with van der Waals surface area (Å²) in [6.07, 6.45) is 5.14. The third kappa shape index (κ3) is 8.01. The summed E-state index contributed by atoms with van der Waals surface area (Å²) in [5.41, 5.74) is 3.05. The van der Waals surface area contributed by atoms with Crippen molar-refractivity contribution in [1.29, 1.82) is 0 Å². The van der Waals surface area contributed by atoms with Gasteiger partial charge in [-0.25, -0.2) is 9.78 Å². The Morgan fingerprint density at radius 1 is 1.23 bits per heavy atom. The highest BCUT2D eigenvalue weighted by Crippen LogP contribution is 2.19. The van der Waals surface area contributed by atoms with Crippen LogP contribution in [-0.4, -0.2) is 69.6 Å². The number of likely N-dealkylation sites (N-methyl/N-ethyl adjacent to an activating group) is 1. The highest BCUT2D eigenvalue weighted by Gasteiger charge is 2.22. The zero-order valence-electron chi connectivity index (χ0n) is 23.8. The average molecular weight is 552 g/mol. The second kappa shape index (κ2) is 13.5. The molecule has 0 aliphatic carbocycles. The van der Waals surface area contributed by atoms with Gasteiger partial charge in [0.1, 0.15) is 23.1 Å². The van der Waals surface area contributed by atoms with E-state index >= 15 is 0 Å². The van der Waals surface area contributed by atoms with Crippen molar-refractivity contribution in [2.24, 2.45) is 5.92 Å². The first-order chi connectivity index (χ1) is 19.0. The monoisotopic (exact) mass is 551 g/mol. The fourth-order valence-corrected chi connectivity index (χ4v) is 4.08. The largest absolute Gasteiger partial charge is 0.453 e. The molecule has 12 nitrogen and oxygen atoms in total. The van der Waals surface area contributed by atoms with Gasteiger partial charge in [-0.15, -0.1) is 0 Å². The predicted molar refractivity (Wildman–Crippen MR) is 152 cm³/mol. The topological polar surface area (TPSA) is 151 Å². The second-order valence-electron chi connectivity index (χ2n) is 10.1. The molecule has 0 aromatic carbocycles. The van der Waals surface area contributed by atoms with Crippen LogP contribution in [0.3, 0.4) is 0 Å². The Balaban J connectivity index is 1.78. The van der Waals surface area contributed by atoms with E-state index in [4.69, 9.17) is 4.98 Å². The van der Waals surface area contributed by atoms with Crippen LogP contribution in [0.25, 0.3) is 11.0 Å². The Labute approximate surface area is 232 Å². The summed E-state index contributed by atoms with van der Waals surface area (Å²) < 4.78 is 6.08. The minimum atomic E-state index is -0.995. The van der Waals surface area contributed by atoms with Crippen LogP contribution in [0, 0.1) is 12.8 Å². The molecule has 3 N–H and O–H groups in total. The van der Waals surface area contributed by atoms with Gasteiger partial charge in [0.2, 0.25) is 11.8 Å². The summed E-state index contributed by atoms with van der Waals surface area (Å²) in [5, 5.41) is 5.09. The maximum atomic E-state index is 13.2. The number of alkyl carbamates (subject to hydrolysis) is 1. The molecule has 0 spiro atoms. The normalized spacial score (nSPS) is 12.1. The first-order valence-electron chi connectivity index (χ1n) is 13.1. The Hall–Kier alpha value is -4.48. The number of aromatic amines is 1. The third-order valence-corrected chi connectivity index (χ3v) is 6.04. The van der Waals surface area contributed by atoms with Gasteiger partial charge in [0.05, 0.1) is 24.9 Å². The zero-order chi connectivity index (χ0) is 29.4. The number of aromatic nitrogens is 4. The van der Waals surface area contributed by atoms with Gasteiger partial charge < -0.3 is 29.8 Å². The van der Waals surface area contributed by atoms with E-state index in [1.807, 2.05) is 13.0 Å². The zero-order valence-corrected chi connectivity index (χ0v) is 23.8. The summed E-state index contributed by atoms with van der Waals surface area (Å²) in [7, 11) is 4.45. The van der Waals surface area contributed by atoms with Gasteiger partial charge in [0.25, 0.3) is 5.56 Å². The molecule has 0 unspecified atom stereocenters. The lowest BCUT2D eigenvalue weighted by Gasteiger charge is -2.17. The van der Waals surface area contributed by atoms with Gasteiger partial charge in [-0.3, -0.25) is 19.4 Å². The van der Waals surface area contributed by atoms with Crippen molar-refractivity contribution in [2.45, 2.75) is 52.6 Å². The molecule has 12 heteroatoms. The lowest BCUT2D eigenvalue weighted by atomic mass is 10.1. The molecule has 3 heterocycles. The highest BCUT2D eigenvalue weighted by molar-refractivity contribution is 5.96. The molecule has 3 rings (SSSR count). The van der Waals surface area contributed by atoms with Crippen LogP contribution in [0.4, 0.5) is 10.5 Å². The number of pyridine rings is 2. The lowest BCUT2D eigenvalue weighted by molar-refractivity contribution is -0.123. The number of nitrogens with zero attached hydrogens (tertiary/aromatic N) is 4. The molecular weight excluding hydrogens is 514 g/mol. The first kappa shape index (κ1) is 30.1. The molecule has 0 aliphatic rings. The molecule has 0 aliphatic heterocycles. The molecule has 0 fully saturated rings. The number of amides is 3. The van der Waals surface area contributed by atoms with Gasteiger partial charge in [0.15, 0.2) is 0 Å². The fourth-order valence-electron chi connectivity index (χ4n) is 4.08. The molecule has 1 atom stereocenters. The number of hydrogen-bond acceptors (Lipinski definition) is 7. The Kier molecular flexibility index (Phi) is 10.2. The van der Waals surface area contributed by atoms with E-state index in [0.717, 1.165) is 28.8 Å². The highest BCUT2D eigenvalue weighted by atomic mass is 16.5. The minimum absolute atomic E-state index is 0.0524. The van der Waals surface area contributed by atoms with Crippen molar-refractivity contribution in [2.75, 3.05) is 26.5 Å². The van der Waals surface area contributed by atoms with E-state index in [0.29, 0.717) is 18.2 Å². The number of allylic oxidation sites excluding steroid dienone is 1. The van der Waals surface area contributed by atoms with Crippen LogP contribution in [0.2, 0.25) is 0 Å². The van der Waals surface area contributed by atoms with Crippen molar-refractivity contribution >= 4 is 34.6 Å². The van der Waals surface area contributed by atoms with Crippen LogP contribution >= 0.6 is 0 Å². The van der Waals surface area contributed by atoms with Crippen molar-refractivity contribution in [3.8, 4) is 0 Å². The summed E-state index contributed by atoms with van der Waals surface area (Å²) in [6, 6.07) is 4.07. The molecule has 0 saturated carbocycles. The summed E-state index contributed by atoms with van der Waals surface area (Å²) in [5.74, 6) is 0.215. The number of H-pyrrole nitrogens is 1. The molecule has 40 heavy (non-hydrogen) atoms. The second-order valence-corrected chi connectivity index (χ2v) is 10.1. The quantitative estimate of drug-likeness (QED) is 0.310. The van der Waals surface area contributed by atoms with Crippen LogP contribution in [0.5, 0.6) is 0 Å². The average Bonchev–Trinajstić information content (AvgIpc) is 3.29. The van der Waals surface area contributed by atoms with Crippen molar-refractivity contribution in [1.82, 2.24) is 29.7 Å². The molecule has 3 amide bonds. The first-order valence-corrected chi connectivity index (χ1v) is 13.1. The standard InChI is InChI=1S/C28H37N7O5/c1-17(2)14-21-25-22(15-18(3)29-21)30-23(33-25)16-35-13-9-11-20(27(35)38)31-26(37)19(32-28(39)40-6)10-7-8-12-24(36)34(4)5/h8-9,11-13,15,17,19H,7,10,14,16H2,1-6H3,(H,30,33)(H,31,37)(H,32,39)/b12-8+/t19-/m0/s1. The molecule has 3 aromatic rings. The van der Waals surface area contributed by atoms with Crippen LogP contribution in [-0.2, 0) is 27.3 Å². The van der Waals surface area contributed by atoms with Gasteiger partial charge in [0, 0.05) is 26.0 Å². The predicted octanol–water partition coefficient (Wildman–Crippen LogP) is 2.76. The van der Waals surface area contributed by atoms with Crippen LogP contribution in [0.1, 0.15) is 43.9 Å².